The van der Waals surface area contributed by atoms with E-state index in [4.69, 9.17) is 5.11 Å². The second kappa shape index (κ2) is 4.77. The van der Waals surface area contributed by atoms with Gasteiger partial charge < -0.3 is 5.11 Å². The zero-order chi connectivity index (χ0) is 7.28. The standard InChI is InChI=1S/C7H17NO/c1-7(2)4-5-8(3)6-9/h7,9H,4-6H2,1-3H3. The number of aliphatic hydroxyl groups is 1. The summed E-state index contributed by atoms with van der Waals surface area (Å²) in [5.74, 6) is 0.735. The van der Waals surface area contributed by atoms with Crippen molar-refractivity contribution in [3.8, 4) is 0 Å². The molecule has 0 radical (unpaired) electrons. The summed E-state index contributed by atoms with van der Waals surface area (Å²) in [5.41, 5.74) is 0. The van der Waals surface area contributed by atoms with Crippen LogP contribution in [0.1, 0.15) is 20.3 Å². The zero-order valence-electron chi connectivity index (χ0n) is 6.59. The molecular weight excluding hydrogens is 114 g/mol. The predicted octanol–water partition coefficient (Wildman–Crippen LogP) is 0.914. The van der Waals surface area contributed by atoms with Crippen LogP contribution in [-0.4, -0.2) is 30.3 Å². The largest absolute Gasteiger partial charge is 0.381 e. The highest BCUT2D eigenvalue weighted by atomic mass is 16.3. The molecule has 0 atom stereocenters. The van der Waals surface area contributed by atoms with Crippen LogP contribution in [0.5, 0.6) is 0 Å². The Hall–Kier alpha value is -0.0800. The average molecular weight is 131 g/mol. The van der Waals surface area contributed by atoms with Crippen LogP contribution in [0.25, 0.3) is 0 Å². The number of aliphatic hydroxyl groups excluding tert-OH is 1. The van der Waals surface area contributed by atoms with Crippen molar-refractivity contribution in [2.45, 2.75) is 20.3 Å². The fourth-order valence-corrected chi connectivity index (χ4v) is 0.549. The summed E-state index contributed by atoms with van der Waals surface area (Å²) >= 11 is 0. The van der Waals surface area contributed by atoms with E-state index in [1.54, 1.807) is 0 Å². The Bertz CT molecular complexity index is 63.9. The maximum Gasteiger partial charge on any atom is 0.0954 e. The molecule has 0 amide bonds. The summed E-state index contributed by atoms with van der Waals surface area (Å²) in [6, 6.07) is 0. The molecule has 0 aliphatic heterocycles. The third-order valence-electron chi connectivity index (χ3n) is 1.33. The molecule has 1 N–H and O–H groups in total. The van der Waals surface area contributed by atoms with E-state index in [0.717, 1.165) is 18.9 Å². The molecule has 0 aliphatic rings. The smallest absolute Gasteiger partial charge is 0.0954 e. The average Bonchev–Trinajstić information content (AvgIpc) is 1.83. The fourth-order valence-electron chi connectivity index (χ4n) is 0.549. The SMILES string of the molecule is CC(C)CCN(C)CO. The molecule has 0 rings (SSSR count). The number of hydrogen-bond acceptors (Lipinski definition) is 2. The van der Waals surface area contributed by atoms with Crippen LogP contribution >= 0.6 is 0 Å². The zero-order valence-corrected chi connectivity index (χ0v) is 6.59. The van der Waals surface area contributed by atoms with Gasteiger partial charge in [-0.1, -0.05) is 13.8 Å². The van der Waals surface area contributed by atoms with Gasteiger partial charge in [0.2, 0.25) is 0 Å². The summed E-state index contributed by atoms with van der Waals surface area (Å²) in [5, 5.41) is 8.57. The normalized spacial score (nSPS) is 11.3. The molecule has 0 unspecified atom stereocenters. The van der Waals surface area contributed by atoms with Crippen molar-refractivity contribution < 1.29 is 5.11 Å². The van der Waals surface area contributed by atoms with E-state index >= 15 is 0 Å². The van der Waals surface area contributed by atoms with Crippen LogP contribution in [0.4, 0.5) is 0 Å². The Morgan fingerprint density at radius 1 is 1.44 bits per heavy atom. The molecule has 0 saturated carbocycles. The molecule has 2 nitrogen and oxygen atoms in total. The highest BCUT2D eigenvalue weighted by Gasteiger charge is 1.96. The van der Waals surface area contributed by atoms with Gasteiger partial charge in [-0.05, 0) is 19.4 Å². The molecule has 0 aliphatic carbocycles. The lowest BCUT2D eigenvalue weighted by Crippen LogP contribution is -2.21. The van der Waals surface area contributed by atoms with Gasteiger partial charge in [-0.25, -0.2) is 0 Å². The van der Waals surface area contributed by atoms with Crippen molar-refractivity contribution >= 4 is 0 Å². The Morgan fingerprint density at radius 2 is 2.00 bits per heavy atom. The Labute approximate surface area is 57.5 Å². The van der Waals surface area contributed by atoms with Crippen molar-refractivity contribution in [1.82, 2.24) is 4.90 Å². The lowest BCUT2D eigenvalue weighted by molar-refractivity contribution is 0.128. The minimum Gasteiger partial charge on any atom is -0.381 e. The maximum atomic E-state index is 8.57. The molecule has 0 aromatic heterocycles. The van der Waals surface area contributed by atoms with Gasteiger partial charge >= 0.3 is 0 Å². The van der Waals surface area contributed by atoms with Crippen LogP contribution in [-0.2, 0) is 0 Å². The Morgan fingerprint density at radius 3 is 2.33 bits per heavy atom. The minimum atomic E-state index is 0.173. The number of nitrogens with zero attached hydrogens (tertiary/aromatic N) is 1. The van der Waals surface area contributed by atoms with Crippen LogP contribution in [0, 0.1) is 5.92 Å². The molecule has 0 saturated heterocycles. The molecule has 2 heteroatoms. The third kappa shape index (κ3) is 5.80. The number of rotatable bonds is 4. The highest BCUT2D eigenvalue weighted by molar-refractivity contribution is 4.48. The van der Waals surface area contributed by atoms with Crippen molar-refractivity contribution in [2.24, 2.45) is 5.92 Å². The van der Waals surface area contributed by atoms with Crippen molar-refractivity contribution in [2.75, 3.05) is 20.3 Å². The lowest BCUT2D eigenvalue weighted by Gasteiger charge is -2.13. The van der Waals surface area contributed by atoms with Gasteiger partial charge in [-0.3, -0.25) is 4.90 Å². The fraction of sp³-hybridized carbons (Fsp3) is 1.00. The lowest BCUT2D eigenvalue weighted by atomic mass is 10.1. The van der Waals surface area contributed by atoms with Crippen molar-refractivity contribution in [3.05, 3.63) is 0 Å². The highest BCUT2D eigenvalue weighted by Crippen LogP contribution is 1.99. The van der Waals surface area contributed by atoms with Gasteiger partial charge in [0.15, 0.2) is 0 Å². The van der Waals surface area contributed by atoms with Gasteiger partial charge in [0.1, 0.15) is 0 Å². The van der Waals surface area contributed by atoms with E-state index in [-0.39, 0.29) is 6.73 Å². The van der Waals surface area contributed by atoms with E-state index in [9.17, 15) is 0 Å². The maximum absolute atomic E-state index is 8.57. The van der Waals surface area contributed by atoms with Crippen LogP contribution < -0.4 is 0 Å². The Balaban J connectivity index is 3.06. The quantitative estimate of drug-likeness (QED) is 0.573. The van der Waals surface area contributed by atoms with Gasteiger partial charge in [-0.2, -0.15) is 0 Å². The van der Waals surface area contributed by atoms with E-state index in [0.29, 0.717) is 0 Å². The predicted molar refractivity (Wildman–Crippen MR) is 39.2 cm³/mol. The first-order valence-electron chi connectivity index (χ1n) is 3.46. The van der Waals surface area contributed by atoms with E-state index in [1.165, 1.54) is 0 Å². The Kier molecular flexibility index (Phi) is 4.72. The third-order valence-corrected chi connectivity index (χ3v) is 1.33. The molecule has 56 valence electrons. The summed E-state index contributed by atoms with van der Waals surface area (Å²) in [7, 11) is 1.92. The van der Waals surface area contributed by atoms with E-state index < -0.39 is 0 Å². The summed E-state index contributed by atoms with van der Waals surface area (Å²) < 4.78 is 0. The molecule has 0 heterocycles. The van der Waals surface area contributed by atoms with Crippen LogP contribution in [0.2, 0.25) is 0 Å². The molecule has 0 bridgehead atoms. The summed E-state index contributed by atoms with van der Waals surface area (Å²) in [6.45, 7) is 5.54. The molecule has 0 aromatic carbocycles. The van der Waals surface area contributed by atoms with E-state index in [1.807, 2.05) is 11.9 Å². The van der Waals surface area contributed by atoms with Gasteiger partial charge in [0.05, 0.1) is 6.73 Å². The molecule has 9 heavy (non-hydrogen) atoms. The molecule has 0 spiro atoms. The summed E-state index contributed by atoms with van der Waals surface area (Å²) in [6.07, 6.45) is 1.16. The second-order valence-corrected chi connectivity index (χ2v) is 2.90. The molecular formula is C7H17NO. The van der Waals surface area contributed by atoms with Gasteiger partial charge in [0.25, 0.3) is 0 Å². The van der Waals surface area contributed by atoms with Gasteiger partial charge in [-0.15, -0.1) is 0 Å². The van der Waals surface area contributed by atoms with E-state index in [2.05, 4.69) is 13.8 Å². The summed E-state index contributed by atoms with van der Waals surface area (Å²) in [4.78, 5) is 1.90. The second-order valence-electron chi connectivity index (χ2n) is 2.90. The topological polar surface area (TPSA) is 23.5 Å². The van der Waals surface area contributed by atoms with Crippen LogP contribution in [0.15, 0.2) is 0 Å². The number of hydrogen-bond donors (Lipinski definition) is 1. The monoisotopic (exact) mass is 131 g/mol. The molecule has 0 fully saturated rings. The first-order valence-corrected chi connectivity index (χ1v) is 3.46. The first kappa shape index (κ1) is 8.92. The molecule has 0 aromatic rings. The van der Waals surface area contributed by atoms with Crippen molar-refractivity contribution in [3.63, 3.8) is 0 Å². The van der Waals surface area contributed by atoms with Crippen molar-refractivity contribution in [1.29, 1.82) is 0 Å². The van der Waals surface area contributed by atoms with Crippen LogP contribution in [0.3, 0.4) is 0 Å². The minimum absolute atomic E-state index is 0.173. The first-order chi connectivity index (χ1) is 4.16. The van der Waals surface area contributed by atoms with Gasteiger partial charge in [0, 0.05) is 6.54 Å².